The smallest absolute Gasteiger partial charge is 0.133 e. The Morgan fingerprint density at radius 1 is 1.09 bits per heavy atom. The first-order valence-electron chi connectivity index (χ1n) is 8.20. The number of hydrogen-bond donors (Lipinski definition) is 1. The van der Waals surface area contributed by atoms with Gasteiger partial charge in [-0.3, -0.25) is 0 Å². The van der Waals surface area contributed by atoms with E-state index in [2.05, 4.69) is 33.5 Å². The molecule has 0 saturated heterocycles. The highest BCUT2D eigenvalue weighted by Gasteiger charge is 2.26. The van der Waals surface area contributed by atoms with E-state index in [-0.39, 0.29) is 0 Å². The van der Waals surface area contributed by atoms with Crippen LogP contribution in [0.25, 0.3) is 0 Å². The molecular formula is C18H21N3O. The largest absolute Gasteiger partial charge is 0.490 e. The minimum atomic E-state index is 0.404. The lowest BCUT2D eigenvalue weighted by atomic mass is 9.96. The lowest BCUT2D eigenvalue weighted by molar-refractivity contribution is 0.119. The Balaban J connectivity index is 1.43. The molecule has 1 heterocycles. The van der Waals surface area contributed by atoms with Gasteiger partial charge in [0.05, 0.1) is 6.10 Å². The molecule has 22 heavy (non-hydrogen) atoms. The van der Waals surface area contributed by atoms with Crippen molar-refractivity contribution in [2.45, 2.75) is 50.7 Å². The van der Waals surface area contributed by atoms with Gasteiger partial charge < -0.3 is 10.1 Å². The fourth-order valence-electron chi connectivity index (χ4n) is 2.63. The van der Waals surface area contributed by atoms with Crippen LogP contribution in [0.5, 0.6) is 5.75 Å². The fourth-order valence-corrected chi connectivity index (χ4v) is 2.63. The number of hydrogen-bond acceptors (Lipinski definition) is 4. The Hall–Kier alpha value is -2.10. The minimum absolute atomic E-state index is 0.404. The van der Waals surface area contributed by atoms with Crippen molar-refractivity contribution < 1.29 is 4.74 Å². The molecule has 2 fully saturated rings. The molecule has 0 amide bonds. The van der Waals surface area contributed by atoms with Crippen LogP contribution in [0.3, 0.4) is 0 Å². The summed E-state index contributed by atoms with van der Waals surface area (Å²) in [4.78, 5) is 8.96. The zero-order valence-electron chi connectivity index (χ0n) is 12.7. The summed E-state index contributed by atoms with van der Waals surface area (Å²) in [6, 6.07) is 10.2. The SMILES string of the molecule is c1ccc(OC2CCC2)c(CNc2ccnc(C3CC3)n2)c1. The van der Waals surface area contributed by atoms with Gasteiger partial charge >= 0.3 is 0 Å². The lowest BCUT2D eigenvalue weighted by Gasteiger charge is -2.27. The zero-order valence-corrected chi connectivity index (χ0v) is 12.7. The molecule has 0 bridgehead atoms. The van der Waals surface area contributed by atoms with Crippen LogP contribution in [0, 0.1) is 0 Å². The zero-order chi connectivity index (χ0) is 14.8. The number of ether oxygens (including phenoxy) is 1. The van der Waals surface area contributed by atoms with Crippen LogP contribution >= 0.6 is 0 Å². The molecule has 4 nitrogen and oxygen atoms in total. The van der Waals surface area contributed by atoms with Crippen molar-refractivity contribution in [1.29, 1.82) is 0 Å². The van der Waals surface area contributed by atoms with Crippen LogP contribution in [0.15, 0.2) is 36.5 Å². The summed E-state index contributed by atoms with van der Waals surface area (Å²) in [6.07, 6.45) is 8.34. The van der Waals surface area contributed by atoms with Crippen molar-refractivity contribution >= 4 is 5.82 Å². The van der Waals surface area contributed by atoms with Gasteiger partial charge in [-0.25, -0.2) is 9.97 Å². The van der Waals surface area contributed by atoms with E-state index in [0.717, 1.165) is 23.9 Å². The maximum Gasteiger partial charge on any atom is 0.133 e. The number of nitrogens with one attached hydrogen (secondary N) is 1. The standard InChI is InChI=1S/C18H21N3O/c1-2-7-16(22-15-5-3-6-15)14(4-1)12-20-17-10-11-19-18(21-17)13-8-9-13/h1-2,4,7,10-11,13,15H,3,5-6,8-9,12H2,(H,19,20,21). The van der Waals surface area contributed by atoms with Crippen molar-refractivity contribution in [3.05, 3.63) is 47.9 Å². The predicted octanol–water partition coefficient (Wildman–Crippen LogP) is 3.90. The van der Waals surface area contributed by atoms with Crippen molar-refractivity contribution in [2.75, 3.05) is 5.32 Å². The van der Waals surface area contributed by atoms with Gasteiger partial charge in [0.15, 0.2) is 0 Å². The molecule has 1 N–H and O–H groups in total. The summed E-state index contributed by atoms with van der Waals surface area (Å²) in [6.45, 7) is 0.726. The van der Waals surface area contributed by atoms with Gasteiger partial charge in [-0.15, -0.1) is 0 Å². The highest BCUT2D eigenvalue weighted by atomic mass is 16.5. The summed E-state index contributed by atoms with van der Waals surface area (Å²) in [5.41, 5.74) is 1.18. The Kier molecular flexibility index (Phi) is 3.67. The maximum absolute atomic E-state index is 6.07. The van der Waals surface area contributed by atoms with E-state index in [1.165, 1.54) is 37.7 Å². The molecule has 0 spiro atoms. The molecule has 1 aromatic heterocycles. The minimum Gasteiger partial charge on any atom is -0.490 e. The van der Waals surface area contributed by atoms with Crippen LogP contribution < -0.4 is 10.1 Å². The average Bonchev–Trinajstić information content (AvgIpc) is 3.35. The van der Waals surface area contributed by atoms with E-state index < -0.39 is 0 Å². The van der Waals surface area contributed by atoms with E-state index in [1.54, 1.807) is 0 Å². The van der Waals surface area contributed by atoms with Crippen LogP contribution in [-0.2, 0) is 6.54 Å². The molecule has 4 rings (SSSR count). The molecule has 0 unspecified atom stereocenters. The van der Waals surface area contributed by atoms with Gasteiger partial charge in [0, 0.05) is 24.2 Å². The van der Waals surface area contributed by atoms with Crippen molar-refractivity contribution in [1.82, 2.24) is 9.97 Å². The van der Waals surface area contributed by atoms with Crippen molar-refractivity contribution in [2.24, 2.45) is 0 Å². The normalized spacial score (nSPS) is 17.8. The van der Waals surface area contributed by atoms with Crippen molar-refractivity contribution in [3.63, 3.8) is 0 Å². The molecule has 0 aliphatic heterocycles. The van der Waals surface area contributed by atoms with E-state index in [4.69, 9.17) is 4.74 Å². The molecule has 114 valence electrons. The molecule has 2 aliphatic rings. The second-order valence-electron chi connectivity index (χ2n) is 6.21. The van der Waals surface area contributed by atoms with Gasteiger partial charge in [-0.1, -0.05) is 18.2 Å². The number of aromatic nitrogens is 2. The number of benzene rings is 1. The molecular weight excluding hydrogens is 274 g/mol. The molecule has 2 aromatic rings. The molecule has 2 aliphatic carbocycles. The Morgan fingerprint density at radius 3 is 2.73 bits per heavy atom. The van der Waals surface area contributed by atoms with Crippen LogP contribution in [0.4, 0.5) is 5.82 Å². The first kappa shape index (κ1) is 13.6. The van der Waals surface area contributed by atoms with Crippen molar-refractivity contribution in [3.8, 4) is 5.75 Å². The Labute approximate surface area is 130 Å². The highest BCUT2D eigenvalue weighted by molar-refractivity contribution is 5.40. The third-order valence-electron chi connectivity index (χ3n) is 4.40. The Morgan fingerprint density at radius 2 is 1.95 bits per heavy atom. The number of nitrogens with zero attached hydrogens (tertiary/aromatic N) is 2. The highest BCUT2D eigenvalue weighted by Crippen LogP contribution is 2.38. The quantitative estimate of drug-likeness (QED) is 0.878. The summed E-state index contributed by atoms with van der Waals surface area (Å²) in [5.74, 6) is 3.45. The molecule has 0 radical (unpaired) electrons. The van der Waals surface area contributed by atoms with E-state index in [1.807, 2.05) is 18.3 Å². The number of anilines is 1. The van der Waals surface area contributed by atoms with Crippen LogP contribution in [0.2, 0.25) is 0 Å². The average molecular weight is 295 g/mol. The van der Waals surface area contributed by atoms with Gasteiger partial charge in [0.2, 0.25) is 0 Å². The van der Waals surface area contributed by atoms with E-state index in [9.17, 15) is 0 Å². The van der Waals surface area contributed by atoms with Gasteiger partial charge in [-0.2, -0.15) is 0 Å². The van der Waals surface area contributed by atoms with Gasteiger partial charge in [0.1, 0.15) is 17.4 Å². The molecule has 2 saturated carbocycles. The number of rotatable bonds is 6. The first-order valence-corrected chi connectivity index (χ1v) is 8.20. The molecule has 4 heteroatoms. The fraction of sp³-hybridized carbons (Fsp3) is 0.444. The second kappa shape index (κ2) is 5.95. The van der Waals surface area contributed by atoms with E-state index in [0.29, 0.717) is 12.0 Å². The first-order chi connectivity index (χ1) is 10.9. The predicted molar refractivity (Wildman–Crippen MR) is 86.0 cm³/mol. The lowest BCUT2D eigenvalue weighted by Crippen LogP contribution is -2.25. The Bertz CT molecular complexity index is 650. The summed E-state index contributed by atoms with van der Waals surface area (Å²) in [7, 11) is 0. The maximum atomic E-state index is 6.07. The van der Waals surface area contributed by atoms with Gasteiger partial charge in [-0.05, 0) is 44.2 Å². The van der Waals surface area contributed by atoms with Crippen LogP contribution in [-0.4, -0.2) is 16.1 Å². The summed E-state index contributed by atoms with van der Waals surface area (Å²) >= 11 is 0. The van der Waals surface area contributed by atoms with Crippen LogP contribution in [0.1, 0.15) is 49.4 Å². The topological polar surface area (TPSA) is 47.0 Å². The summed E-state index contributed by atoms with van der Waals surface area (Å²) in [5, 5.41) is 3.40. The third-order valence-corrected chi connectivity index (χ3v) is 4.40. The number of para-hydroxylation sites is 1. The molecule has 1 aromatic carbocycles. The van der Waals surface area contributed by atoms with E-state index >= 15 is 0 Å². The molecule has 0 atom stereocenters. The summed E-state index contributed by atoms with van der Waals surface area (Å²) < 4.78 is 6.07. The van der Waals surface area contributed by atoms with Gasteiger partial charge in [0.25, 0.3) is 0 Å². The third kappa shape index (κ3) is 3.06. The second-order valence-corrected chi connectivity index (χ2v) is 6.21. The monoisotopic (exact) mass is 295 g/mol.